The van der Waals surface area contributed by atoms with Gasteiger partial charge in [-0.25, -0.2) is 8.78 Å². The Morgan fingerprint density at radius 1 is 1.53 bits per heavy atom. The van der Waals surface area contributed by atoms with Gasteiger partial charge in [0.15, 0.2) is 0 Å². The molecule has 1 N–H and O–H groups in total. The molecule has 1 atom stereocenters. The number of hydrogen-bond acceptors (Lipinski definition) is 2. The molecular weight excluding hydrogens is 202 g/mol. The van der Waals surface area contributed by atoms with Gasteiger partial charge in [-0.2, -0.15) is 0 Å². The van der Waals surface area contributed by atoms with Crippen LogP contribution in [0.2, 0.25) is 0 Å². The van der Waals surface area contributed by atoms with Crippen LogP contribution in [0.4, 0.5) is 8.78 Å². The molecule has 1 saturated heterocycles. The van der Waals surface area contributed by atoms with Crippen molar-refractivity contribution in [2.24, 2.45) is 0 Å². The number of nitrogens with one attached hydrogen (secondary N) is 1. The molecule has 1 rings (SSSR count). The van der Waals surface area contributed by atoms with Crippen LogP contribution in [0.15, 0.2) is 0 Å². The van der Waals surface area contributed by atoms with Crippen LogP contribution in [0.1, 0.15) is 27.2 Å². The molecule has 0 radical (unpaired) electrons. The third-order valence-corrected chi connectivity index (χ3v) is 2.74. The first-order chi connectivity index (χ1) is 6.83. The molecule has 1 amide bonds. The van der Waals surface area contributed by atoms with Gasteiger partial charge >= 0.3 is 0 Å². The quantitative estimate of drug-likeness (QED) is 0.759. The van der Waals surface area contributed by atoms with Crippen LogP contribution in [0.25, 0.3) is 0 Å². The Balaban J connectivity index is 2.62. The molecule has 0 spiro atoms. The fraction of sp³-hybridized carbons (Fsp3) is 0.900. The summed E-state index contributed by atoms with van der Waals surface area (Å²) in [7, 11) is 0. The minimum atomic E-state index is -2.83. The van der Waals surface area contributed by atoms with Crippen LogP contribution < -0.4 is 5.32 Å². The standard InChI is InChI=1S/C10H18F2N2O/c1-7(2)14-5-4-9(13-8(3)15)10(11,12)6-14/h7,9H,4-6H2,1-3H3,(H,13,15). The fourth-order valence-corrected chi connectivity index (χ4v) is 1.83. The first-order valence-corrected chi connectivity index (χ1v) is 5.22. The number of carbonyl (C=O) groups is 1. The first-order valence-electron chi connectivity index (χ1n) is 5.22. The monoisotopic (exact) mass is 220 g/mol. The SMILES string of the molecule is CC(=O)NC1CCN(C(C)C)CC1(F)F. The van der Waals surface area contributed by atoms with Gasteiger partial charge in [0.25, 0.3) is 5.92 Å². The summed E-state index contributed by atoms with van der Waals surface area (Å²) < 4.78 is 27.2. The van der Waals surface area contributed by atoms with E-state index < -0.39 is 17.9 Å². The lowest BCUT2D eigenvalue weighted by Gasteiger charge is -2.40. The third kappa shape index (κ3) is 3.12. The van der Waals surface area contributed by atoms with E-state index in [1.54, 1.807) is 4.90 Å². The number of carbonyl (C=O) groups excluding carboxylic acids is 1. The predicted octanol–water partition coefficient (Wildman–Crippen LogP) is 1.24. The van der Waals surface area contributed by atoms with Crippen LogP contribution in [-0.4, -0.2) is 41.9 Å². The average molecular weight is 220 g/mol. The van der Waals surface area contributed by atoms with Crippen molar-refractivity contribution >= 4 is 5.91 Å². The van der Waals surface area contributed by atoms with E-state index in [0.29, 0.717) is 13.0 Å². The summed E-state index contributed by atoms with van der Waals surface area (Å²) in [5.74, 6) is -3.22. The molecule has 0 bridgehead atoms. The number of piperidine rings is 1. The Labute approximate surface area is 88.8 Å². The number of likely N-dealkylation sites (tertiary alicyclic amines) is 1. The number of nitrogens with zero attached hydrogens (tertiary/aromatic N) is 1. The maximum absolute atomic E-state index is 13.6. The zero-order chi connectivity index (χ0) is 11.6. The molecule has 0 saturated carbocycles. The van der Waals surface area contributed by atoms with Crippen LogP contribution in [0.3, 0.4) is 0 Å². The summed E-state index contributed by atoms with van der Waals surface area (Å²) >= 11 is 0. The van der Waals surface area contributed by atoms with Crippen molar-refractivity contribution in [2.75, 3.05) is 13.1 Å². The first kappa shape index (κ1) is 12.4. The van der Waals surface area contributed by atoms with Gasteiger partial charge in [-0.1, -0.05) is 0 Å². The highest BCUT2D eigenvalue weighted by molar-refractivity contribution is 5.73. The van der Waals surface area contributed by atoms with Gasteiger partial charge in [0, 0.05) is 19.5 Å². The minimum Gasteiger partial charge on any atom is -0.347 e. The topological polar surface area (TPSA) is 32.3 Å². The Kier molecular flexibility index (Phi) is 3.65. The summed E-state index contributed by atoms with van der Waals surface area (Å²) in [6, 6.07) is -0.890. The zero-order valence-electron chi connectivity index (χ0n) is 9.39. The van der Waals surface area contributed by atoms with E-state index in [9.17, 15) is 13.6 Å². The second kappa shape index (κ2) is 4.43. The number of rotatable bonds is 2. The molecule has 1 aliphatic rings. The van der Waals surface area contributed by atoms with Gasteiger partial charge in [-0.05, 0) is 20.3 Å². The van der Waals surface area contributed by atoms with Gasteiger partial charge in [-0.15, -0.1) is 0 Å². The summed E-state index contributed by atoms with van der Waals surface area (Å²) in [4.78, 5) is 12.5. The molecule has 0 aromatic heterocycles. The van der Waals surface area contributed by atoms with Gasteiger partial charge < -0.3 is 5.32 Å². The predicted molar refractivity (Wildman–Crippen MR) is 53.9 cm³/mol. The van der Waals surface area contributed by atoms with Gasteiger partial charge in [-0.3, -0.25) is 9.69 Å². The molecule has 0 aromatic carbocycles. The molecule has 1 heterocycles. The maximum atomic E-state index is 13.6. The highest BCUT2D eigenvalue weighted by Gasteiger charge is 2.45. The Morgan fingerprint density at radius 2 is 2.13 bits per heavy atom. The van der Waals surface area contributed by atoms with Crippen molar-refractivity contribution in [1.29, 1.82) is 0 Å². The largest absolute Gasteiger partial charge is 0.347 e. The molecule has 1 aliphatic heterocycles. The van der Waals surface area contributed by atoms with E-state index in [4.69, 9.17) is 0 Å². The molecule has 3 nitrogen and oxygen atoms in total. The van der Waals surface area contributed by atoms with Crippen LogP contribution in [0.5, 0.6) is 0 Å². The lowest BCUT2D eigenvalue weighted by atomic mass is 9.99. The van der Waals surface area contributed by atoms with Crippen LogP contribution in [-0.2, 0) is 4.79 Å². The van der Waals surface area contributed by atoms with E-state index in [0.717, 1.165) is 0 Å². The van der Waals surface area contributed by atoms with E-state index in [1.165, 1.54) is 6.92 Å². The van der Waals surface area contributed by atoms with Crippen molar-refractivity contribution in [1.82, 2.24) is 10.2 Å². The highest BCUT2D eigenvalue weighted by Crippen LogP contribution is 2.28. The molecule has 15 heavy (non-hydrogen) atoms. The Morgan fingerprint density at radius 3 is 2.53 bits per heavy atom. The van der Waals surface area contributed by atoms with Gasteiger partial charge in [0.1, 0.15) is 0 Å². The van der Waals surface area contributed by atoms with Crippen LogP contribution >= 0.6 is 0 Å². The second-order valence-corrected chi connectivity index (χ2v) is 4.37. The van der Waals surface area contributed by atoms with E-state index >= 15 is 0 Å². The fourth-order valence-electron chi connectivity index (χ4n) is 1.83. The minimum absolute atomic E-state index is 0.120. The molecule has 88 valence electrons. The smallest absolute Gasteiger partial charge is 0.280 e. The number of halogens is 2. The number of amides is 1. The average Bonchev–Trinajstić information content (AvgIpc) is 2.07. The highest BCUT2D eigenvalue weighted by atomic mass is 19.3. The molecule has 1 fully saturated rings. The number of hydrogen-bond donors (Lipinski definition) is 1. The van der Waals surface area contributed by atoms with Gasteiger partial charge in [0.05, 0.1) is 12.6 Å². The summed E-state index contributed by atoms with van der Waals surface area (Å²) in [5, 5.41) is 2.32. The summed E-state index contributed by atoms with van der Waals surface area (Å²) in [6.45, 7) is 5.41. The van der Waals surface area contributed by atoms with Crippen molar-refractivity contribution in [3.05, 3.63) is 0 Å². The Bertz CT molecular complexity index is 244. The van der Waals surface area contributed by atoms with Crippen molar-refractivity contribution in [3.8, 4) is 0 Å². The van der Waals surface area contributed by atoms with Crippen molar-refractivity contribution in [2.45, 2.75) is 45.2 Å². The van der Waals surface area contributed by atoms with E-state index in [1.807, 2.05) is 13.8 Å². The molecule has 0 aromatic rings. The molecule has 0 aliphatic carbocycles. The molecule has 5 heteroatoms. The summed E-state index contributed by atoms with van der Waals surface area (Å²) in [6.07, 6.45) is 0.310. The lowest BCUT2D eigenvalue weighted by Crippen LogP contribution is -2.59. The maximum Gasteiger partial charge on any atom is 0.280 e. The zero-order valence-corrected chi connectivity index (χ0v) is 9.39. The number of alkyl halides is 2. The summed E-state index contributed by atoms with van der Waals surface area (Å²) in [5.41, 5.74) is 0. The van der Waals surface area contributed by atoms with Crippen LogP contribution in [0, 0.1) is 0 Å². The second-order valence-electron chi connectivity index (χ2n) is 4.37. The Hall–Kier alpha value is -0.710. The van der Waals surface area contributed by atoms with Gasteiger partial charge in [0.2, 0.25) is 5.91 Å². The van der Waals surface area contributed by atoms with Crippen molar-refractivity contribution < 1.29 is 13.6 Å². The van der Waals surface area contributed by atoms with E-state index in [-0.39, 0.29) is 12.6 Å². The molecular formula is C10H18F2N2O. The van der Waals surface area contributed by atoms with E-state index in [2.05, 4.69) is 5.32 Å². The molecule has 1 unspecified atom stereocenters. The third-order valence-electron chi connectivity index (χ3n) is 2.74. The normalized spacial score (nSPS) is 26.7. The van der Waals surface area contributed by atoms with Crippen molar-refractivity contribution in [3.63, 3.8) is 0 Å². The lowest BCUT2D eigenvalue weighted by molar-refractivity contribution is -0.130.